The van der Waals surface area contributed by atoms with Crippen LogP contribution in [0.4, 0.5) is 0 Å². The van der Waals surface area contributed by atoms with Crippen molar-refractivity contribution in [1.82, 2.24) is 5.32 Å². The van der Waals surface area contributed by atoms with E-state index >= 15 is 0 Å². The molecule has 0 rings (SSSR count). The summed E-state index contributed by atoms with van der Waals surface area (Å²) in [5, 5.41) is 2.37. The topological polar surface area (TPSA) is 82.8 Å². The van der Waals surface area contributed by atoms with Gasteiger partial charge in [-0.2, -0.15) is 6.41 Å². The molecule has 0 aliphatic heterocycles. The molecule has 0 atom stereocenters. The van der Waals surface area contributed by atoms with Crippen LogP contribution in [0.15, 0.2) is 0 Å². The zero-order valence-electron chi connectivity index (χ0n) is 9.16. The first-order valence-electron chi connectivity index (χ1n) is 4.95. The fraction of sp³-hybridized carbons (Fsp3) is 0.889. The second-order valence-corrected chi connectivity index (χ2v) is 2.65. The van der Waals surface area contributed by atoms with Crippen molar-refractivity contribution in [2.45, 2.75) is 0 Å². The van der Waals surface area contributed by atoms with Crippen molar-refractivity contribution in [3.8, 4) is 0 Å². The Labute approximate surface area is 90.1 Å². The average Bonchev–Trinajstić information content (AvgIpc) is 2.26. The molecule has 0 fully saturated rings. The van der Waals surface area contributed by atoms with Crippen molar-refractivity contribution in [2.24, 2.45) is 5.73 Å². The van der Waals surface area contributed by atoms with Gasteiger partial charge in [0, 0.05) is 13.1 Å². The van der Waals surface area contributed by atoms with Gasteiger partial charge < -0.3 is 30.1 Å². The number of nitrogens with one attached hydrogen (secondary N) is 1. The molecule has 6 nitrogen and oxygen atoms in total. The number of amides is 1. The number of hydrogen-bond donors (Lipinski definition) is 2. The molecule has 0 bridgehead atoms. The number of hydrogen-bond acceptors (Lipinski definition) is 5. The molecular weight excluding hydrogens is 457 g/mol. The van der Waals surface area contributed by atoms with Crippen LogP contribution in [-0.4, -0.2) is 59.1 Å². The summed E-state index contributed by atoms with van der Waals surface area (Å²) in [6, 6.07) is 0. The van der Waals surface area contributed by atoms with E-state index < -0.39 is 0 Å². The molecule has 0 aliphatic carbocycles. The maximum atomic E-state index is 9.73. The molecule has 0 aromatic rings. The Morgan fingerprint density at radius 1 is 0.938 bits per heavy atom. The van der Waals surface area contributed by atoms with Crippen LogP contribution in [0, 0.1) is 0 Å². The van der Waals surface area contributed by atoms with Gasteiger partial charge in [0.15, 0.2) is 0 Å². The normalized spacial score (nSPS) is 9.56. The molecule has 7 heteroatoms. The molecule has 16 heavy (non-hydrogen) atoms. The molecule has 102 valence electrons. The molecule has 0 heterocycles. The van der Waals surface area contributed by atoms with E-state index in [-0.39, 0.29) is 0 Å². The standard InChI is InChI=1S/C9H19N2O4.Fm/c10-1-3-13-5-7-15-8-6-14-4-2-11-9-12;/h1-8,10H2,(H,11,12);/q-1;. The van der Waals surface area contributed by atoms with E-state index in [9.17, 15) is 4.79 Å². The number of nitrogens with two attached hydrogens (primary N) is 1. The number of carbonyl (C=O) groups excluding carboxylic acids is 1. The molecule has 3 N–H and O–H groups in total. The summed E-state index contributed by atoms with van der Waals surface area (Å²) in [7, 11) is 0. The monoisotopic (exact) mass is 476 g/mol. The average molecular weight is 476 g/mol. The predicted octanol–water partition coefficient (Wildman–Crippen LogP) is -1.35. The van der Waals surface area contributed by atoms with E-state index in [1.165, 1.54) is 0 Å². The minimum atomic E-state index is 0. The van der Waals surface area contributed by atoms with Crippen molar-refractivity contribution in [2.75, 3.05) is 52.7 Å². The van der Waals surface area contributed by atoms with Crippen molar-refractivity contribution in [3.63, 3.8) is 0 Å². The van der Waals surface area contributed by atoms with E-state index in [1.807, 2.05) is 0 Å². The van der Waals surface area contributed by atoms with Crippen LogP contribution in [-0.2, 0) is 19.0 Å². The van der Waals surface area contributed by atoms with Gasteiger partial charge in [-0.3, -0.25) is 0 Å². The van der Waals surface area contributed by atoms with E-state index in [0.717, 1.165) is 0 Å². The summed E-state index contributed by atoms with van der Waals surface area (Å²) >= 11 is 0. The van der Waals surface area contributed by atoms with Crippen molar-refractivity contribution in [1.29, 1.82) is 0 Å². The van der Waals surface area contributed by atoms with E-state index in [2.05, 4.69) is 5.32 Å². The Kier molecular flexibility index (Phi) is 16.5. The molecule has 0 saturated carbocycles. The third-order valence-electron chi connectivity index (χ3n) is 1.45. The molecule has 1 amide bonds. The Hall–Kier alpha value is -1.69. The fourth-order valence-electron chi connectivity index (χ4n) is 0.799. The first kappa shape index (κ1) is 16.7. The third-order valence-corrected chi connectivity index (χ3v) is 1.45. The Morgan fingerprint density at radius 2 is 1.44 bits per heavy atom. The molecule has 0 saturated heterocycles. The van der Waals surface area contributed by atoms with E-state index in [4.69, 9.17) is 19.9 Å². The van der Waals surface area contributed by atoms with E-state index in [0.29, 0.717) is 52.7 Å². The van der Waals surface area contributed by atoms with Crippen LogP contribution < -0.4 is 11.1 Å². The number of ether oxygens (including phenoxy) is 3. The zero-order chi connectivity index (χ0) is 11.2. The largest absolute Gasteiger partial charge is 0.528 e. The smallest absolute Gasteiger partial charge is 0.0701 e. The van der Waals surface area contributed by atoms with Crippen LogP contribution in [0.25, 0.3) is 0 Å². The van der Waals surface area contributed by atoms with Crippen molar-refractivity contribution in [3.05, 3.63) is 0 Å². The molecule has 0 aliphatic rings. The van der Waals surface area contributed by atoms with Gasteiger partial charge in [0.25, 0.3) is 0 Å². The van der Waals surface area contributed by atoms with Crippen LogP contribution in [0.2, 0.25) is 0 Å². The van der Waals surface area contributed by atoms with Gasteiger partial charge in [0.1, 0.15) is 0 Å². The summed E-state index contributed by atoms with van der Waals surface area (Å²) in [4.78, 5) is 9.73. The minimum absolute atomic E-state index is 0. The number of rotatable bonds is 12. The third kappa shape index (κ3) is 14.8. The minimum Gasteiger partial charge on any atom is -0.528 e. The predicted molar refractivity (Wildman–Crippen MR) is 55.2 cm³/mol. The molecule has 0 spiro atoms. The van der Waals surface area contributed by atoms with Crippen LogP contribution >= 0.6 is 0 Å². The Bertz CT molecular complexity index is 141. The first-order valence-corrected chi connectivity index (χ1v) is 4.95. The SMILES string of the molecule is NCCOCCOCCOCCN[C-]=O.[Fm]. The summed E-state index contributed by atoms with van der Waals surface area (Å²) < 4.78 is 15.4. The summed E-state index contributed by atoms with van der Waals surface area (Å²) in [5.74, 6) is 0. The maximum Gasteiger partial charge on any atom is 0.0701 e. The maximum absolute atomic E-state index is 9.73. The van der Waals surface area contributed by atoms with Gasteiger partial charge in [0.2, 0.25) is 0 Å². The van der Waals surface area contributed by atoms with Gasteiger partial charge in [-0.05, 0) is 0 Å². The quantitative estimate of drug-likeness (QED) is 0.207. The summed E-state index contributed by atoms with van der Waals surface area (Å²) in [5.41, 5.74) is 5.23. The summed E-state index contributed by atoms with van der Waals surface area (Å²) in [6.45, 7) is 4.18. The van der Waals surface area contributed by atoms with Crippen LogP contribution in [0.5, 0.6) is 0 Å². The Morgan fingerprint density at radius 3 is 1.94 bits per heavy atom. The fourth-order valence-corrected chi connectivity index (χ4v) is 0.799. The van der Waals surface area contributed by atoms with Crippen LogP contribution in [0.3, 0.4) is 0 Å². The second-order valence-electron chi connectivity index (χ2n) is 2.65. The molecule has 0 aromatic carbocycles. The van der Waals surface area contributed by atoms with Gasteiger partial charge in [-0.1, -0.05) is 0 Å². The molecule has 0 radical (unpaired) electrons. The first-order chi connectivity index (χ1) is 7.41. The van der Waals surface area contributed by atoms with Crippen molar-refractivity contribution >= 4 is 6.41 Å². The van der Waals surface area contributed by atoms with Gasteiger partial charge in [-0.15, -0.1) is 0 Å². The van der Waals surface area contributed by atoms with Crippen LogP contribution in [0.1, 0.15) is 0 Å². The van der Waals surface area contributed by atoms with E-state index in [1.54, 1.807) is 6.41 Å². The van der Waals surface area contributed by atoms with Gasteiger partial charge in [0.05, 0.1) is 39.6 Å². The molecule has 0 unspecified atom stereocenters. The molecular formula is C9H19FmN2O4-. The summed E-state index contributed by atoms with van der Waals surface area (Å²) in [6.07, 6.45) is 1.56. The molecule has 0 aromatic heterocycles. The van der Waals surface area contributed by atoms with Gasteiger partial charge >= 0.3 is 0 Å². The zero-order valence-corrected chi connectivity index (χ0v) is 11.6. The van der Waals surface area contributed by atoms with Gasteiger partial charge in [-0.25, -0.2) is 0 Å². The Balaban J connectivity index is 0. The second kappa shape index (κ2) is 15.8. The van der Waals surface area contributed by atoms with Crippen molar-refractivity contribution < 1.29 is 19.0 Å².